The summed E-state index contributed by atoms with van der Waals surface area (Å²) >= 11 is 0. The molecule has 0 aromatic heterocycles. The Kier molecular flexibility index (Phi) is 1380. The summed E-state index contributed by atoms with van der Waals surface area (Å²) in [4.78, 5) is 0. The van der Waals surface area contributed by atoms with Crippen LogP contribution in [-0.2, 0) is 49.8 Å². The van der Waals surface area contributed by atoms with Gasteiger partial charge >= 0.3 is 97.5 Å². The van der Waals surface area contributed by atoms with Gasteiger partial charge < -0.3 is 27.4 Å². The van der Waals surface area contributed by atoms with Crippen molar-refractivity contribution in [2.24, 2.45) is 0 Å². The van der Waals surface area contributed by atoms with Crippen LogP contribution in [0.2, 0.25) is 0 Å². The van der Waals surface area contributed by atoms with Crippen LogP contribution in [-0.4, -0.2) is 75.1 Å². The van der Waals surface area contributed by atoms with E-state index in [9.17, 15) is 0 Å². The van der Waals surface area contributed by atoms with E-state index in [2.05, 4.69) is 0 Å². The Labute approximate surface area is 122 Å². The quantitative estimate of drug-likeness (QED) is 0.300. The molecule has 0 saturated heterocycles. The van der Waals surface area contributed by atoms with Crippen molar-refractivity contribution in [2.75, 3.05) is 0 Å². The molecule has 5 nitrogen and oxygen atoms in total. The Morgan fingerprint density at radius 2 is 0.500 bits per heavy atom. The fourth-order valence-corrected chi connectivity index (χ4v) is 0. The summed E-state index contributed by atoms with van der Waals surface area (Å²) in [5.41, 5.74) is 0. The summed E-state index contributed by atoms with van der Waals surface area (Å²) in [6, 6.07) is 0. The predicted molar refractivity (Wildman–Crippen MR) is 14.9 cm³/mol. The zero-order valence-electron chi connectivity index (χ0n) is 3.64. The Bertz CT molecular complexity index is 12.4. The second-order valence-electron chi connectivity index (χ2n) is 0. The number of hydrogen-bond donors (Lipinski definition) is 0. The van der Waals surface area contributed by atoms with Crippen LogP contribution in [0.1, 0.15) is 0 Å². The van der Waals surface area contributed by atoms with Gasteiger partial charge in [0.25, 0.3) is 0 Å². The Morgan fingerprint density at radius 1 is 0.500 bits per heavy atom. The molecule has 0 fully saturated rings. The summed E-state index contributed by atoms with van der Waals surface area (Å²) in [6.07, 6.45) is 0. The van der Waals surface area contributed by atoms with Crippen molar-refractivity contribution in [3.8, 4) is 0 Å². The summed E-state index contributed by atoms with van der Waals surface area (Å²) in [5.74, 6) is 0. The third-order valence-corrected chi connectivity index (χ3v) is 0. The van der Waals surface area contributed by atoms with Crippen molar-refractivity contribution >= 4 is 75.1 Å². The largest absolute Gasteiger partial charge is 5.00 e. The van der Waals surface area contributed by atoms with Crippen molar-refractivity contribution in [1.29, 1.82) is 0 Å². The van der Waals surface area contributed by atoms with Gasteiger partial charge in [-0.2, -0.15) is 0 Å². The third-order valence-electron chi connectivity index (χ3n) is 0. The molecule has 0 aromatic carbocycles. The van der Waals surface area contributed by atoms with E-state index < -0.39 is 0 Å². The van der Waals surface area contributed by atoms with Crippen LogP contribution in [0, 0.1) is 0 Å². The minimum Gasteiger partial charge on any atom is -2.00 e. The van der Waals surface area contributed by atoms with Crippen molar-refractivity contribution in [1.82, 2.24) is 0 Å². The number of hydrogen-bond acceptors (Lipinski definition) is 0. The standard InChI is InChI=1S/Ba.Bi.5O.Ta/q+2;+3;5*-2;+5. The molecule has 0 aromatic rings. The van der Waals surface area contributed by atoms with E-state index in [-0.39, 0.29) is 125 Å². The van der Waals surface area contributed by atoms with E-state index in [1.807, 2.05) is 0 Å². The molecule has 0 aliphatic heterocycles. The Hall–Kier alpha value is 2.99. The monoisotopic (exact) mass is 608 g/mol. The van der Waals surface area contributed by atoms with E-state index in [1.54, 1.807) is 0 Å². The smallest absolute Gasteiger partial charge is 2.00 e. The van der Waals surface area contributed by atoms with Crippen molar-refractivity contribution in [3.05, 3.63) is 0 Å². The van der Waals surface area contributed by atoms with Crippen LogP contribution in [0.25, 0.3) is 0 Å². The topological polar surface area (TPSA) is 142 Å². The van der Waals surface area contributed by atoms with Crippen LogP contribution in [0.3, 0.4) is 0 Å². The maximum atomic E-state index is 0. The molecule has 8 heavy (non-hydrogen) atoms. The molecule has 0 atom stereocenters. The third kappa shape index (κ3) is 64.1. The van der Waals surface area contributed by atoms with Gasteiger partial charge in [0.1, 0.15) is 0 Å². The molecule has 0 bridgehead atoms. The van der Waals surface area contributed by atoms with E-state index >= 15 is 0 Å². The minimum atomic E-state index is 0. The normalized spacial score (nSPS) is 0. The minimum absolute atomic E-state index is 0. The molecule has 0 aliphatic carbocycles. The second-order valence-corrected chi connectivity index (χ2v) is 0. The molecule has 0 rings (SSSR count). The average molecular weight is 607 g/mol. The van der Waals surface area contributed by atoms with Crippen LogP contribution in [0.4, 0.5) is 0 Å². The Balaban J connectivity index is 0. The van der Waals surface area contributed by atoms with Crippen molar-refractivity contribution < 1.29 is 49.8 Å². The predicted octanol–water partition coefficient (Wildman–Crippen LogP) is -1.36. The van der Waals surface area contributed by atoms with Gasteiger partial charge in [-0.3, -0.25) is 0 Å². The SMILES string of the molecule is [Ba+2].[Bi+3].[O-2].[O-2].[O-2].[O-2].[O-2].[Ta+5]. The fraction of sp³-hybridized carbons (Fsp3) is 0. The average Bonchev–Trinajstić information content (AvgIpc) is 0. The van der Waals surface area contributed by atoms with Gasteiger partial charge in [-0.1, -0.05) is 0 Å². The van der Waals surface area contributed by atoms with Crippen LogP contribution in [0.15, 0.2) is 0 Å². The van der Waals surface area contributed by atoms with E-state index in [4.69, 9.17) is 0 Å². The fourth-order valence-electron chi connectivity index (χ4n) is 0. The Morgan fingerprint density at radius 3 is 0.500 bits per heavy atom. The van der Waals surface area contributed by atoms with Gasteiger partial charge in [-0.25, -0.2) is 0 Å². The van der Waals surface area contributed by atoms with E-state index in [0.29, 0.717) is 0 Å². The molecule has 0 heterocycles. The molecule has 0 unspecified atom stereocenters. The van der Waals surface area contributed by atoms with Gasteiger partial charge in [0.15, 0.2) is 0 Å². The molecule has 0 N–H and O–H groups in total. The summed E-state index contributed by atoms with van der Waals surface area (Å²) < 4.78 is 0. The summed E-state index contributed by atoms with van der Waals surface area (Å²) in [6.45, 7) is 0. The van der Waals surface area contributed by atoms with E-state index in [0.717, 1.165) is 0 Å². The first-order valence-electron chi connectivity index (χ1n) is 0. The molecular weight excluding hydrogens is 607 g/mol. The van der Waals surface area contributed by atoms with E-state index in [1.165, 1.54) is 0 Å². The van der Waals surface area contributed by atoms with Gasteiger partial charge in [0.2, 0.25) is 0 Å². The molecule has 0 aliphatic rings. The molecule has 0 saturated carbocycles. The first kappa shape index (κ1) is 122. The molecule has 0 amide bonds. The second kappa shape index (κ2) is 90.2. The van der Waals surface area contributed by atoms with Gasteiger partial charge in [-0.05, 0) is 0 Å². The molecular formula is BaBiO5Ta. The van der Waals surface area contributed by atoms with Gasteiger partial charge in [0, 0.05) is 0 Å². The molecule has 2 radical (unpaired) electrons. The molecule has 8 heteroatoms. The van der Waals surface area contributed by atoms with Crippen LogP contribution < -0.4 is 0 Å². The maximum Gasteiger partial charge on any atom is 5.00 e. The zero-order chi connectivity index (χ0) is 0. The number of rotatable bonds is 0. The maximum absolute atomic E-state index is 0. The summed E-state index contributed by atoms with van der Waals surface area (Å²) in [7, 11) is 0. The molecule has 0 spiro atoms. The first-order valence-corrected chi connectivity index (χ1v) is 0. The van der Waals surface area contributed by atoms with Crippen LogP contribution in [0.5, 0.6) is 0 Å². The zero-order valence-corrected chi connectivity index (χ0v) is 14.8. The van der Waals surface area contributed by atoms with Crippen molar-refractivity contribution in [3.63, 3.8) is 0 Å². The van der Waals surface area contributed by atoms with Gasteiger partial charge in [-0.15, -0.1) is 0 Å². The van der Waals surface area contributed by atoms with Gasteiger partial charge in [0.05, 0.1) is 0 Å². The molecule has 42 valence electrons. The summed E-state index contributed by atoms with van der Waals surface area (Å²) in [5, 5.41) is 0. The van der Waals surface area contributed by atoms with Crippen LogP contribution >= 0.6 is 0 Å². The first-order chi connectivity index (χ1) is 0. The van der Waals surface area contributed by atoms with Crippen molar-refractivity contribution in [2.45, 2.75) is 0 Å².